The molecule has 0 radical (unpaired) electrons. The number of carbonyl (C=O) groups excluding carboxylic acids is 2. The first-order valence-corrected chi connectivity index (χ1v) is 5.44. The van der Waals surface area contributed by atoms with Gasteiger partial charge in [0, 0.05) is 0 Å². The van der Waals surface area contributed by atoms with Gasteiger partial charge in [0.1, 0.15) is 0 Å². The molecule has 15 heavy (non-hydrogen) atoms. The second-order valence-corrected chi connectivity index (χ2v) is 4.52. The monoisotopic (exact) mass is 206 g/mol. The van der Waals surface area contributed by atoms with Crippen molar-refractivity contribution in [2.24, 2.45) is 33.7 Å². The van der Waals surface area contributed by atoms with Crippen molar-refractivity contribution >= 4 is 12.2 Å². The first-order valence-electron chi connectivity index (χ1n) is 5.44. The molecule has 0 N–H and O–H groups in total. The molecule has 2 aliphatic carbocycles. The molecule has 0 saturated heterocycles. The predicted molar refractivity (Wildman–Crippen MR) is 53.8 cm³/mol. The Morgan fingerprint density at radius 3 is 1.80 bits per heavy atom. The summed E-state index contributed by atoms with van der Waals surface area (Å²) < 4.78 is 0. The maximum atomic E-state index is 10.1. The van der Waals surface area contributed by atoms with E-state index < -0.39 is 0 Å². The summed E-state index contributed by atoms with van der Waals surface area (Å²) in [6.45, 7) is 1.12. The zero-order valence-electron chi connectivity index (χ0n) is 8.56. The smallest absolute Gasteiger partial charge is 0.211 e. The van der Waals surface area contributed by atoms with Crippen LogP contribution in [-0.2, 0) is 9.59 Å². The van der Waals surface area contributed by atoms with Gasteiger partial charge in [0.15, 0.2) is 0 Å². The third-order valence-corrected chi connectivity index (χ3v) is 4.01. The topological polar surface area (TPSA) is 58.9 Å². The maximum absolute atomic E-state index is 10.1. The molecule has 4 nitrogen and oxygen atoms in total. The van der Waals surface area contributed by atoms with E-state index in [4.69, 9.17) is 0 Å². The van der Waals surface area contributed by atoms with E-state index in [1.807, 2.05) is 0 Å². The highest BCUT2D eigenvalue weighted by Gasteiger charge is 2.46. The van der Waals surface area contributed by atoms with E-state index in [0.29, 0.717) is 36.8 Å². The Morgan fingerprint density at radius 2 is 1.40 bits per heavy atom. The minimum atomic E-state index is 0.433. The Hall–Kier alpha value is -1.24. The van der Waals surface area contributed by atoms with Gasteiger partial charge < -0.3 is 0 Å². The van der Waals surface area contributed by atoms with Crippen molar-refractivity contribution in [1.82, 2.24) is 0 Å². The van der Waals surface area contributed by atoms with Crippen LogP contribution in [0.1, 0.15) is 19.3 Å². The van der Waals surface area contributed by atoms with Crippen molar-refractivity contribution in [3.05, 3.63) is 0 Å². The Bertz CT molecular complexity index is 297. The molecule has 80 valence electrons. The lowest BCUT2D eigenvalue weighted by atomic mass is 9.79. The van der Waals surface area contributed by atoms with Crippen LogP contribution in [0.2, 0.25) is 0 Å². The summed E-state index contributed by atoms with van der Waals surface area (Å²) in [7, 11) is 0. The average Bonchev–Trinajstić information content (AvgIpc) is 2.83. The SMILES string of the molecule is O=C=NCC1C(CN=C=O)[C@H]2CC[C@@H]1C2. The molecular weight excluding hydrogens is 192 g/mol. The van der Waals surface area contributed by atoms with E-state index in [9.17, 15) is 9.59 Å². The molecule has 4 atom stereocenters. The third kappa shape index (κ3) is 1.92. The molecule has 2 rings (SSSR count). The summed E-state index contributed by atoms with van der Waals surface area (Å²) in [5.41, 5.74) is 0. The third-order valence-electron chi connectivity index (χ3n) is 4.01. The van der Waals surface area contributed by atoms with Gasteiger partial charge in [0.25, 0.3) is 0 Å². The van der Waals surface area contributed by atoms with Crippen LogP contribution in [-0.4, -0.2) is 25.2 Å². The van der Waals surface area contributed by atoms with Crippen LogP contribution in [0.25, 0.3) is 0 Å². The van der Waals surface area contributed by atoms with E-state index in [-0.39, 0.29) is 0 Å². The van der Waals surface area contributed by atoms with Gasteiger partial charge in [0.05, 0.1) is 13.1 Å². The molecule has 2 bridgehead atoms. The van der Waals surface area contributed by atoms with Crippen molar-refractivity contribution in [2.45, 2.75) is 19.3 Å². The lowest BCUT2D eigenvalue weighted by Crippen LogP contribution is -2.27. The van der Waals surface area contributed by atoms with E-state index in [0.717, 1.165) is 0 Å². The number of hydrogen-bond acceptors (Lipinski definition) is 4. The van der Waals surface area contributed by atoms with Crippen LogP contribution in [0.5, 0.6) is 0 Å². The largest absolute Gasteiger partial charge is 0.234 e. The summed E-state index contributed by atoms with van der Waals surface area (Å²) in [6, 6.07) is 0. The van der Waals surface area contributed by atoms with Gasteiger partial charge in [-0.2, -0.15) is 0 Å². The molecule has 0 aromatic heterocycles. The van der Waals surface area contributed by atoms with E-state index in [2.05, 4.69) is 9.98 Å². The fraction of sp³-hybridized carbons (Fsp3) is 0.818. The van der Waals surface area contributed by atoms with E-state index >= 15 is 0 Å². The van der Waals surface area contributed by atoms with Crippen LogP contribution >= 0.6 is 0 Å². The Kier molecular flexibility index (Phi) is 3.10. The highest BCUT2D eigenvalue weighted by molar-refractivity contribution is 5.33. The summed E-state index contributed by atoms with van der Waals surface area (Å²) in [6.07, 6.45) is 6.90. The van der Waals surface area contributed by atoms with Gasteiger partial charge in [-0.05, 0) is 42.9 Å². The summed E-state index contributed by atoms with van der Waals surface area (Å²) in [5, 5.41) is 0. The number of aliphatic imine (C=N–C) groups is 2. The van der Waals surface area contributed by atoms with Gasteiger partial charge in [-0.25, -0.2) is 19.6 Å². The molecule has 4 heteroatoms. The van der Waals surface area contributed by atoms with Crippen LogP contribution in [0.15, 0.2) is 9.98 Å². The Morgan fingerprint density at radius 1 is 0.933 bits per heavy atom. The van der Waals surface area contributed by atoms with Crippen molar-refractivity contribution in [1.29, 1.82) is 0 Å². The van der Waals surface area contributed by atoms with Gasteiger partial charge in [0.2, 0.25) is 12.2 Å². The standard InChI is InChI=1S/C11H14N2O2/c14-6-12-4-10-8-1-2-9(3-8)11(10)5-13-7-15/h8-11H,1-5H2/t8-,9+,10?,11?. The Balaban J connectivity index is 2.04. The lowest BCUT2D eigenvalue weighted by Gasteiger charge is -2.27. The first-order chi connectivity index (χ1) is 7.36. The molecule has 2 fully saturated rings. The second-order valence-electron chi connectivity index (χ2n) is 4.52. The van der Waals surface area contributed by atoms with Gasteiger partial charge in [-0.3, -0.25) is 0 Å². The molecule has 0 aromatic rings. The van der Waals surface area contributed by atoms with E-state index in [1.54, 1.807) is 12.2 Å². The van der Waals surface area contributed by atoms with Crippen LogP contribution < -0.4 is 0 Å². The zero-order valence-corrected chi connectivity index (χ0v) is 8.56. The number of nitrogens with zero attached hydrogens (tertiary/aromatic N) is 2. The zero-order chi connectivity index (χ0) is 10.7. The fourth-order valence-electron chi connectivity index (χ4n) is 3.38. The molecule has 2 unspecified atom stereocenters. The molecule has 2 aliphatic rings. The Labute approximate surface area is 88.5 Å². The number of isocyanates is 2. The van der Waals surface area contributed by atoms with Crippen molar-refractivity contribution in [3.63, 3.8) is 0 Å². The van der Waals surface area contributed by atoms with Crippen LogP contribution in [0.3, 0.4) is 0 Å². The van der Waals surface area contributed by atoms with Gasteiger partial charge in [-0.15, -0.1) is 0 Å². The number of fused-ring (bicyclic) bond motifs is 2. The van der Waals surface area contributed by atoms with Crippen LogP contribution in [0.4, 0.5) is 0 Å². The number of rotatable bonds is 4. The quantitative estimate of drug-likeness (QED) is 0.514. The molecule has 2 saturated carbocycles. The van der Waals surface area contributed by atoms with E-state index in [1.165, 1.54) is 19.3 Å². The second kappa shape index (κ2) is 4.52. The fourth-order valence-corrected chi connectivity index (χ4v) is 3.38. The molecule has 0 spiro atoms. The molecular formula is C11H14N2O2. The minimum absolute atomic E-state index is 0.433. The maximum Gasteiger partial charge on any atom is 0.234 e. The molecule has 0 amide bonds. The normalized spacial score (nSPS) is 37.1. The summed E-state index contributed by atoms with van der Waals surface area (Å²) >= 11 is 0. The highest BCUT2D eigenvalue weighted by atomic mass is 16.1. The van der Waals surface area contributed by atoms with Crippen molar-refractivity contribution < 1.29 is 9.59 Å². The molecule has 0 aromatic carbocycles. The molecule has 0 heterocycles. The summed E-state index contributed by atoms with van der Waals surface area (Å²) in [4.78, 5) is 27.6. The van der Waals surface area contributed by atoms with Crippen LogP contribution in [0, 0.1) is 23.7 Å². The highest BCUT2D eigenvalue weighted by Crippen LogP contribution is 2.52. The lowest BCUT2D eigenvalue weighted by molar-refractivity contribution is 0.234. The van der Waals surface area contributed by atoms with Crippen molar-refractivity contribution in [3.8, 4) is 0 Å². The summed E-state index contributed by atoms with van der Waals surface area (Å²) in [5.74, 6) is 2.22. The van der Waals surface area contributed by atoms with Gasteiger partial charge in [-0.1, -0.05) is 0 Å². The van der Waals surface area contributed by atoms with Crippen molar-refractivity contribution in [2.75, 3.05) is 13.1 Å². The average molecular weight is 206 g/mol. The predicted octanol–water partition coefficient (Wildman–Crippen LogP) is 1.32. The first kappa shape index (κ1) is 10.3. The van der Waals surface area contributed by atoms with Gasteiger partial charge >= 0.3 is 0 Å². The minimum Gasteiger partial charge on any atom is -0.211 e. The number of hydrogen-bond donors (Lipinski definition) is 0. The molecule has 0 aliphatic heterocycles.